The van der Waals surface area contributed by atoms with E-state index >= 15 is 0 Å². The molecule has 0 atom stereocenters. The van der Waals surface area contributed by atoms with E-state index in [4.69, 9.17) is 0 Å². The van der Waals surface area contributed by atoms with E-state index < -0.39 is 0 Å². The molecule has 2 aromatic heterocycles. The zero-order chi connectivity index (χ0) is 14.7. The Hall–Kier alpha value is -2.34. The summed E-state index contributed by atoms with van der Waals surface area (Å²) in [4.78, 5) is 9.01. The van der Waals surface area contributed by atoms with Gasteiger partial charge in [0.25, 0.3) is 0 Å². The maximum Gasteiger partial charge on any atom is 0.226 e. The molecule has 3 aromatic rings. The number of benzene rings is 1. The van der Waals surface area contributed by atoms with E-state index in [1.165, 1.54) is 5.56 Å². The molecule has 0 fully saturated rings. The van der Waals surface area contributed by atoms with Crippen LogP contribution in [-0.4, -0.2) is 26.3 Å². The van der Waals surface area contributed by atoms with Crippen LogP contribution >= 0.6 is 12.4 Å². The third-order valence-corrected chi connectivity index (χ3v) is 3.23. The van der Waals surface area contributed by atoms with E-state index in [9.17, 15) is 0 Å². The zero-order valence-corrected chi connectivity index (χ0v) is 13.4. The third-order valence-electron chi connectivity index (χ3n) is 3.23. The van der Waals surface area contributed by atoms with Crippen LogP contribution in [0.4, 0.5) is 11.8 Å². The van der Waals surface area contributed by atoms with E-state index in [-0.39, 0.29) is 12.4 Å². The summed E-state index contributed by atoms with van der Waals surface area (Å²) in [5, 5.41) is 11.7. The van der Waals surface area contributed by atoms with Crippen molar-refractivity contribution < 1.29 is 0 Å². The normalized spacial score (nSPS) is 10.3. The first-order valence-corrected chi connectivity index (χ1v) is 6.99. The maximum absolute atomic E-state index is 4.53. The van der Waals surface area contributed by atoms with E-state index in [0.29, 0.717) is 12.5 Å². The molecule has 7 heteroatoms. The molecule has 0 unspecified atom stereocenters. The highest BCUT2D eigenvalue weighted by atomic mass is 35.5. The molecule has 0 radical (unpaired) electrons. The summed E-state index contributed by atoms with van der Waals surface area (Å²) in [7, 11) is 1.88. The molecule has 0 saturated carbocycles. The molecule has 6 nitrogen and oxygen atoms in total. The maximum atomic E-state index is 4.53. The van der Waals surface area contributed by atoms with Gasteiger partial charge in [-0.15, -0.1) is 12.4 Å². The monoisotopic (exact) mass is 318 g/mol. The van der Waals surface area contributed by atoms with Crippen LogP contribution < -0.4 is 10.6 Å². The second-order valence-corrected chi connectivity index (χ2v) is 4.77. The van der Waals surface area contributed by atoms with E-state index in [2.05, 4.69) is 37.8 Å². The second kappa shape index (κ2) is 7.09. The summed E-state index contributed by atoms with van der Waals surface area (Å²) in [5.74, 6) is 1.41. The summed E-state index contributed by atoms with van der Waals surface area (Å²) in [5.41, 5.74) is 2.02. The van der Waals surface area contributed by atoms with Gasteiger partial charge < -0.3 is 10.6 Å². The van der Waals surface area contributed by atoms with Gasteiger partial charge in [-0.05, 0) is 12.5 Å². The van der Waals surface area contributed by atoms with Crippen LogP contribution in [0.2, 0.25) is 0 Å². The third kappa shape index (κ3) is 3.28. The molecule has 116 valence electrons. The number of nitrogens with one attached hydrogen (secondary N) is 2. The van der Waals surface area contributed by atoms with Gasteiger partial charge in [0, 0.05) is 20.1 Å². The Balaban J connectivity index is 0.00000176. The van der Waals surface area contributed by atoms with Crippen molar-refractivity contribution in [3.8, 4) is 0 Å². The quantitative estimate of drug-likeness (QED) is 0.757. The molecule has 2 heterocycles. The smallest absolute Gasteiger partial charge is 0.226 e. The molecule has 1 aromatic carbocycles. The van der Waals surface area contributed by atoms with Crippen molar-refractivity contribution in [2.75, 3.05) is 17.2 Å². The molecule has 0 amide bonds. The van der Waals surface area contributed by atoms with Gasteiger partial charge in [0.1, 0.15) is 5.82 Å². The van der Waals surface area contributed by atoms with Crippen LogP contribution in [0.3, 0.4) is 0 Å². The van der Waals surface area contributed by atoms with Crippen LogP contribution in [0.25, 0.3) is 11.0 Å². The van der Waals surface area contributed by atoms with Crippen molar-refractivity contribution in [1.82, 2.24) is 19.7 Å². The Morgan fingerprint density at radius 3 is 2.59 bits per heavy atom. The van der Waals surface area contributed by atoms with Gasteiger partial charge in [-0.25, -0.2) is 0 Å². The lowest BCUT2D eigenvalue weighted by molar-refractivity contribution is 0.785. The average Bonchev–Trinajstić information content (AvgIpc) is 2.88. The second-order valence-electron chi connectivity index (χ2n) is 4.77. The van der Waals surface area contributed by atoms with E-state index in [0.717, 1.165) is 23.4 Å². The van der Waals surface area contributed by atoms with Crippen LogP contribution in [0.1, 0.15) is 12.5 Å². The van der Waals surface area contributed by atoms with Gasteiger partial charge >= 0.3 is 0 Å². The number of aromatic nitrogens is 4. The molecule has 3 rings (SSSR count). The standard InChI is InChI=1S/C15H18N6.ClH/c1-3-16-15-19-13(12-10-18-21(2)14(12)20-15)17-9-11-7-5-4-6-8-11;/h4-8,10H,3,9H2,1-2H3,(H2,16,17,19,20);1H. The number of hydrogen-bond acceptors (Lipinski definition) is 5. The van der Waals surface area contributed by atoms with E-state index in [1.807, 2.05) is 32.2 Å². The molecular formula is C15H19ClN6. The van der Waals surface area contributed by atoms with Crippen LogP contribution in [0, 0.1) is 0 Å². The van der Waals surface area contributed by atoms with Crippen LogP contribution in [-0.2, 0) is 13.6 Å². The number of halogens is 1. The number of fused-ring (bicyclic) bond motifs is 1. The molecule has 0 aliphatic carbocycles. The number of anilines is 2. The van der Waals surface area contributed by atoms with Gasteiger partial charge in [0.05, 0.1) is 11.6 Å². The Morgan fingerprint density at radius 2 is 1.86 bits per heavy atom. The molecule has 0 bridgehead atoms. The molecule has 22 heavy (non-hydrogen) atoms. The van der Waals surface area contributed by atoms with E-state index in [1.54, 1.807) is 10.9 Å². The van der Waals surface area contributed by atoms with Gasteiger partial charge in [-0.2, -0.15) is 15.1 Å². The SMILES string of the molecule is CCNc1nc(NCc2ccccc2)c2cnn(C)c2n1.Cl. The van der Waals surface area contributed by atoms with Crippen molar-refractivity contribution in [2.24, 2.45) is 7.05 Å². The topological polar surface area (TPSA) is 67.7 Å². The van der Waals surface area contributed by atoms with Crippen molar-refractivity contribution in [3.63, 3.8) is 0 Å². The van der Waals surface area contributed by atoms with Crippen LogP contribution in [0.15, 0.2) is 36.5 Å². The molecule has 0 spiro atoms. The molecule has 0 aliphatic rings. The summed E-state index contributed by atoms with van der Waals surface area (Å²) in [6.07, 6.45) is 1.79. The largest absolute Gasteiger partial charge is 0.365 e. The highest BCUT2D eigenvalue weighted by molar-refractivity contribution is 5.87. The van der Waals surface area contributed by atoms with Gasteiger partial charge in [-0.1, -0.05) is 30.3 Å². The molecule has 0 saturated heterocycles. The Kier molecular flexibility index (Phi) is 5.16. The summed E-state index contributed by atoms with van der Waals surface area (Å²) < 4.78 is 1.76. The fourth-order valence-electron chi connectivity index (χ4n) is 2.18. The predicted molar refractivity (Wildman–Crippen MR) is 91.5 cm³/mol. The Morgan fingerprint density at radius 1 is 1.09 bits per heavy atom. The fraction of sp³-hybridized carbons (Fsp3) is 0.267. The predicted octanol–water partition coefficient (Wildman–Crippen LogP) is 2.83. The highest BCUT2D eigenvalue weighted by Crippen LogP contribution is 2.21. The van der Waals surface area contributed by atoms with Crippen molar-refractivity contribution >= 4 is 35.2 Å². The summed E-state index contributed by atoms with van der Waals surface area (Å²) in [6, 6.07) is 10.2. The number of nitrogens with zero attached hydrogens (tertiary/aromatic N) is 4. The molecule has 0 aliphatic heterocycles. The number of hydrogen-bond donors (Lipinski definition) is 2. The first-order chi connectivity index (χ1) is 10.3. The zero-order valence-electron chi connectivity index (χ0n) is 12.6. The summed E-state index contributed by atoms with van der Waals surface area (Å²) in [6.45, 7) is 3.52. The minimum absolute atomic E-state index is 0. The number of aryl methyl sites for hydroxylation is 1. The lowest BCUT2D eigenvalue weighted by atomic mass is 10.2. The Bertz CT molecular complexity index is 740. The van der Waals surface area contributed by atoms with Crippen molar-refractivity contribution in [3.05, 3.63) is 42.1 Å². The minimum Gasteiger partial charge on any atom is -0.365 e. The first kappa shape index (κ1) is 16.0. The lowest BCUT2D eigenvalue weighted by Crippen LogP contribution is -2.08. The first-order valence-electron chi connectivity index (χ1n) is 6.99. The highest BCUT2D eigenvalue weighted by Gasteiger charge is 2.10. The van der Waals surface area contributed by atoms with Gasteiger partial charge in [-0.3, -0.25) is 4.68 Å². The van der Waals surface area contributed by atoms with Gasteiger partial charge in [0.2, 0.25) is 5.95 Å². The Labute approximate surface area is 135 Å². The fourth-order valence-corrected chi connectivity index (χ4v) is 2.18. The molecular weight excluding hydrogens is 300 g/mol. The minimum atomic E-state index is 0. The summed E-state index contributed by atoms with van der Waals surface area (Å²) >= 11 is 0. The van der Waals surface area contributed by atoms with Crippen molar-refractivity contribution in [2.45, 2.75) is 13.5 Å². The van der Waals surface area contributed by atoms with Gasteiger partial charge in [0.15, 0.2) is 5.65 Å². The van der Waals surface area contributed by atoms with Crippen LogP contribution in [0.5, 0.6) is 0 Å². The number of rotatable bonds is 5. The average molecular weight is 319 g/mol. The molecule has 2 N–H and O–H groups in total. The lowest BCUT2D eigenvalue weighted by Gasteiger charge is -2.09. The van der Waals surface area contributed by atoms with Crippen molar-refractivity contribution in [1.29, 1.82) is 0 Å².